The zero-order valence-electron chi connectivity index (χ0n) is 41.5. The summed E-state index contributed by atoms with van der Waals surface area (Å²) >= 11 is 0. The number of aliphatic hydroxyl groups is 1. The Kier molecular flexibility index (Phi) is 11.9. The number of aromatic nitrogens is 5. The summed E-state index contributed by atoms with van der Waals surface area (Å²) < 4.78 is 14.9. The lowest BCUT2D eigenvalue weighted by Crippen LogP contribution is -2.53. The first-order valence-electron chi connectivity index (χ1n) is 25.4. The highest BCUT2D eigenvalue weighted by molar-refractivity contribution is 5.94. The van der Waals surface area contributed by atoms with E-state index in [4.69, 9.17) is 14.5 Å². The van der Waals surface area contributed by atoms with Crippen molar-refractivity contribution >= 4 is 34.6 Å². The second-order valence-electron chi connectivity index (χ2n) is 20.4. The quantitative estimate of drug-likeness (QED) is 0.117. The number of benzene rings is 3. The van der Waals surface area contributed by atoms with E-state index in [-0.39, 0.29) is 84.0 Å². The molecule has 18 heteroatoms. The zero-order valence-corrected chi connectivity index (χ0v) is 41.5. The summed E-state index contributed by atoms with van der Waals surface area (Å²) in [7, 11) is 0. The van der Waals surface area contributed by atoms with Crippen LogP contribution in [0.25, 0.3) is 39.4 Å². The highest BCUT2D eigenvalue weighted by Gasteiger charge is 2.56. The summed E-state index contributed by atoms with van der Waals surface area (Å²) in [6.45, 7) is 11.9. The van der Waals surface area contributed by atoms with E-state index in [0.29, 0.717) is 110 Å². The number of aromatic hydroxyl groups is 2. The van der Waals surface area contributed by atoms with Gasteiger partial charge in [-0.05, 0) is 104 Å². The number of carbonyl (C=O) groups excluding carboxylic acids is 4. The first-order valence-corrected chi connectivity index (χ1v) is 25.4. The van der Waals surface area contributed by atoms with Crippen LogP contribution in [0.15, 0.2) is 59.4 Å². The van der Waals surface area contributed by atoms with Crippen LogP contribution in [0, 0.1) is 5.92 Å². The third-order valence-electron chi connectivity index (χ3n) is 15.6. The van der Waals surface area contributed by atoms with Crippen molar-refractivity contribution in [2.75, 3.05) is 26.2 Å². The third kappa shape index (κ3) is 7.88. The molecule has 2 fully saturated rings. The van der Waals surface area contributed by atoms with Crippen molar-refractivity contribution in [2.24, 2.45) is 5.92 Å². The number of phenols is 2. The van der Waals surface area contributed by atoms with Gasteiger partial charge >= 0.3 is 5.97 Å². The molecule has 0 radical (unpaired) electrons. The van der Waals surface area contributed by atoms with Gasteiger partial charge in [0.1, 0.15) is 30.0 Å². The normalized spacial score (nSPS) is 20.1. The predicted molar refractivity (Wildman–Crippen MR) is 267 cm³/mol. The monoisotopic (exact) mass is 990 g/mol. The summed E-state index contributed by atoms with van der Waals surface area (Å²) in [5.74, 6) is -0.643. The molecule has 11 rings (SSSR count). The van der Waals surface area contributed by atoms with Gasteiger partial charge in [-0.1, -0.05) is 26.8 Å². The number of phenolic OH excluding ortho intramolecular Hbond substituents is 2. The highest BCUT2D eigenvalue weighted by Crippen LogP contribution is 2.51. The number of aryl methyl sites for hydroxylation is 1. The van der Waals surface area contributed by atoms with Crippen LogP contribution in [0.2, 0.25) is 0 Å². The van der Waals surface area contributed by atoms with Crippen LogP contribution >= 0.6 is 0 Å². The van der Waals surface area contributed by atoms with Gasteiger partial charge in [-0.3, -0.25) is 23.7 Å². The maximum atomic E-state index is 14.0. The molecule has 73 heavy (non-hydrogen) atoms. The fourth-order valence-electron chi connectivity index (χ4n) is 11.9. The molecular formula is C55H58N8O10. The van der Waals surface area contributed by atoms with Crippen molar-refractivity contribution in [1.82, 2.24) is 39.4 Å². The van der Waals surface area contributed by atoms with Gasteiger partial charge in [0.2, 0.25) is 17.6 Å². The molecule has 3 atom stereocenters. The fourth-order valence-corrected chi connectivity index (χ4v) is 11.9. The Morgan fingerprint density at radius 2 is 1.70 bits per heavy atom. The summed E-state index contributed by atoms with van der Waals surface area (Å²) in [5.41, 5.74) is 5.84. The summed E-state index contributed by atoms with van der Waals surface area (Å²) in [6.07, 6.45) is 3.27. The Labute approximate surface area is 420 Å². The lowest BCUT2D eigenvalue weighted by atomic mass is 9.69. The number of nitrogens with one attached hydrogen (secondary N) is 1. The van der Waals surface area contributed by atoms with E-state index >= 15 is 0 Å². The van der Waals surface area contributed by atoms with Crippen molar-refractivity contribution in [3.8, 4) is 45.7 Å². The highest BCUT2D eigenvalue weighted by atomic mass is 16.6. The average molecular weight is 991 g/mol. The molecular weight excluding hydrogens is 933 g/mol. The molecule has 3 amide bonds. The predicted octanol–water partition coefficient (Wildman–Crippen LogP) is 5.56. The van der Waals surface area contributed by atoms with E-state index in [2.05, 4.69) is 22.4 Å². The van der Waals surface area contributed by atoms with Gasteiger partial charge in [0.05, 0.1) is 41.0 Å². The van der Waals surface area contributed by atoms with Crippen LogP contribution in [-0.2, 0) is 57.1 Å². The van der Waals surface area contributed by atoms with E-state index in [1.807, 2.05) is 60.9 Å². The van der Waals surface area contributed by atoms with Gasteiger partial charge in [-0.25, -0.2) is 9.78 Å². The average Bonchev–Trinajstić information content (AvgIpc) is 3.98. The number of rotatable bonds is 11. The number of cyclic esters (lactones) is 1. The zero-order chi connectivity index (χ0) is 51.2. The standard InChI is InChI=1S/C55H58N8O10/c1-6-35-37-21-30(8-13-42(37)57-47-40(35)26-62-48(47)39-25-55(71)46(39)41(53(62)69)27-72-54(55)70)22-45(66)61-19-14-31(20-29(61)5)52(68)60-17-15-34(16-18-60)73-33-11-9-32(10-12-33)63-49(58-59-50(63)51(67)56-7-2)38-23-36(28(3)4)43(64)24-44(38)65/h8-13,21,23-24,28-29,31,34,64-65,71H,6-7,14-20,22,25-27H2,1-5H3,(H,56,67)/t29?,31?,55-/m0/s1. The van der Waals surface area contributed by atoms with Crippen molar-refractivity contribution in [2.45, 2.75) is 116 Å². The van der Waals surface area contributed by atoms with Crippen molar-refractivity contribution < 1.29 is 44.0 Å². The molecule has 2 saturated heterocycles. The summed E-state index contributed by atoms with van der Waals surface area (Å²) in [4.78, 5) is 76.1. The van der Waals surface area contributed by atoms with E-state index in [1.54, 1.807) is 34.3 Å². The molecule has 3 aromatic heterocycles. The molecule has 4 N–H and O–H groups in total. The van der Waals surface area contributed by atoms with Gasteiger partial charge in [0, 0.05) is 85.7 Å². The number of amides is 3. The number of pyridine rings is 2. The number of esters is 1. The maximum absolute atomic E-state index is 14.0. The third-order valence-corrected chi connectivity index (χ3v) is 15.6. The minimum absolute atomic E-state index is 0.00193. The van der Waals surface area contributed by atoms with E-state index in [0.717, 1.165) is 33.2 Å². The van der Waals surface area contributed by atoms with E-state index in [1.165, 1.54) is 6.07 Å². The molecule has 0 bridgehead atoms. The molecule has 3 aromatic carbocycles. The number of ether oxygens (including phenoxy) is 2. The largest absolute Gasteiger partial charge is 0.508 e. The maximum Gasteiger partial charge on any atom is 0.343 e. The second kappa shape index (κ2) is 18.2. The molecule has 6 aromatic rings. The van der Waals surface area contributed by atoms with Gasteiger partial charge in [0.25, 0.3) is 11.5 Å². The minimum Gasteiger partial charge on any atom is -0.508 e. The molecule has 4 aliphatic heterocycles. The number of nitrogens with zero attached hydrogens (tertiary/aromatic N) is 7. The number of hydrogen-bond acceptors (Lipinski definition) is 13. The molecule has 18 nitrogen and oxygen atoms in total. The fraction of sp³-hybridized carbons (Fsp3) is 0.418. The summed E-state index contributed by atoms with van der Waals surface area (Å²) in [6, 6.07) is 15.9. The number of hydrogen-bond donors (Lipinski definition) is 4. The molecule has 2 unspecified atom stereocenters. The first kappa shape index (κ1) is 47.7. The number of piperidine rings is 2. The van der Waals surface area contributed by atoms with Crippen molar-refractivity contribution in [3.05, 3.63) is 110 Å². The SMILES string of the molecule is CCNC(=O)c1nnc(-c2cc(C(C)C)c(O)cc2O)n1-c1ccc(OC2CCN(C(=O)C3CCN(C(=O)Cc4ccc5nc6c(c(CC)c5c4)Cn4c-6c5c6c(c4=O)COC(=O)[C@]6(O)C5)C(C)C3)CC2)cc1. The molecule has 7 heterocycles. The molecule has 0 spiro atoms. The Morgan fingerprint density at radius 3 is 2.41 bits per heavy atom. The van der Waals surface area contributed by atoms with E-state index in [9.17, 15) is 39.3 Å². The van der Waals surface area contributed by atoms with Crippen LogP contribution in [0.3, 0.4) is 0 Å². The number of carbonyl (C=O) groups is 4. The summed E-state index contributed by atoms with van der Waals surface area (Å²) in [5, 5.41) is 44.7. The van der Waals surface area contributed by atoms with Gasteiger partial charge in [-0.2, -0.15) is 0 Å². The van der Waals surface area contributed by atoms with Crippen molar-refractivity contribution in [3.63, 3.8) is 0 Å². The molecule has 0 saturated carbocycles. The van der Waals surface area contributed by atoms with Crippen LogP contribution in [0.1, 0.15) is 116 Å². The lowest BCUT2D eigenvalue weighted by molar-refractivity contribution is -0.175. The molecule has 1 aliphatic carbocycles. The van der Waals surface area contributed by atoms with Gasteiger partial charge in [0.15, 0.2) is 11.4 Å². The van der Waals surface area contributed by atoms with Gasteiger partial charge in [-0.15, -0.1) is 10.2 Å². The number of fused-ring (bicyclic) bond motifs is 5. The van der Waals surface area contributed by atoms with Gasteiger partial charge < -0.3 is 44.5 Å². The minimum atomic E-state index is -1.79. The Balaban J connectivity index is 0.710. The van der Waals surface area contributed by atoms with Crippen molar-refractivity contribution in [1.29, 1.82) is 0 Å². The molecule has 378 valence electrons. The Morgan fingerprint density at radius 1 is 0.932 bits per heavy atom. The van der Waals surface area contributed by atoms with Crippen LogP contribution in [0.4, 0.5) is 0 Å². The van der Waals surface area contributed by atoms with Crippen LogP contribution in [-0.4, -0.2) is 111 Å². The smallest absolute Gasteiger partial charge is 0.343 e. The first-order chi connectivity index (χ1) is 35.1. The van der Waals surface area contributed by atoms with E-state index < -0.39 is 17.5 Å². The number of likely N-dealkylation sites (tertiary alicyclic amines) is 2. The lowest BCUT2D eigenvalue weighted by Gasteiger charge is -2.42. The Hall–Kier alpha value is -7.60. The van der Waals surface area contributed by atoms with Crippen LogP contribution in [0.5, 0.6) is 17.2 Å². The second-order valence-corrected chi connectivity index (χ2v) is 20.4. The van der Waals surface area contributed by atoms with Crippen LogP contribution < -0.4 is 15.6 Å². The Bertz CT molecular complexity index is 3360. The topological polar surface area (TPSA) is 232 Å². The molecule has 5 aliphatic rings.